The predicted molar refractivity (Wildman–Crippen MR) is 158 cm³/mol. The van der Waals surface area contributed by atoms with Crippen molar-refractivity contribution in [1.29, 1.82) is 0 Å². The van der Waals surface area contributed by atoms with Gasteiger partial charge in [0.25, 0.3) is 11.1 Å². The zero-order valence-corrected chi connectivity index (χ0v) is 25.0. The van der Waals surface area contributed by atoms with Gasteiger partial charge in [-0.25, -0.2) is 0 Å². The van der Waals surface area contributed by atoms with E-state index in [0.29, 0.717) is 45.0 Å². The number of thioether (sulfide) groups is 1. The molecule has 0 atom stereocenters. The summed E-state index contributed by atoms with van der Waals surface area (Å²) in [5.41, 5.74) is 2.51. The topological polar surface area (TPSA) is 55.8 Å². The smallest absolute Gasteiger partial charge is 0.293 e. The molecule has 3 aromatic rings. The number of benzene rings is 3. The minimum absolute atomic E-state index is 0.00171. The SMILES string of the molecule is CC(C)(C)c1ccc(OCCOc2cc(Br)ccc2/C=C2\SC(=O)N(Cc3c(Cl)cccc3Cl)C2=O)cc1. The van der Waals surface area contributed by atoms with E-state index in [9.17, 15) is 9.59 Å². The van der Waals surface area contributed by atoms with Gasteiger partial charge in [-0.05, 0) is 65.2 Å². The summed E-state index contributed by atoms with van der Waals surface area (Å²) < 4.78 is 12.7. The molecule has 9 heteroatoms. The highest BCUT2D eigenvalue weighted by Gasteiger charge is 2.36. The summed E-state index contributed by atoms with van der Waals surface area (Å²) in [5.74, 6) is 0.919. The summed E-state index contributed by atoms with van der Waals surface area (Å²) >= 11 is 16.8. The third-order valence-electron chi connectivity index (χ3n) is 5.84. The number of hydrogen-bond acceptors (Lipinski definition) is 5. The van der Waals surface area contributed by atoms with E-state index in [1.165, 1.54) is 5.56 Å². The van der Waals surface area contributed by atoms with Crippen molar-refractivity contribution in [2.45, 2.75) is 32.7 Å². The summed E-state index contributed by atoms with van der Waals surface area (Å²) in [4.78, 5) is 27.2. The van der Waals surface area contributed by atoms with Crippen LogP contribution in [0, 0.1) is 0 Å². The Hall–Kier alpha value is -2.45. The highest BCUT2D eigenvalue weighted by atomic mass is 79.9. The zero-order chi connectivity index (χ0) is 27.4. The molecule has 5 nitrogen and oxygen atoms in total. The van der Waals surface area contributed by atoms with Crippen LogP contribution < -0.4 is 9.47 Å². The number of ether oxygens (including phenoxy) is 2. The molecule has 38 heavy (non-hydrogen) atoms. The molecule has 1 saturated heterocycles. The van der Waals surface area contributed by atoms with E-state index in [2.05, 4.69) is 48.8 Å². The van der Waals surface area contributed by atoms with Crippen molar-refractivity contribution in [2.24, 2.45) is 0 Å². The molecule has 0 spiro atoms. The number of amides is 2. The molecule has 1 aliphatic rings. The van der Waals surface area contributed by atoms with Crippen molar-refractivity contribution in [3.63, 3.8) is 0 Å². The Kier molecular flexibility index (Phi) is 9.14. The molecule has 1 aliphatic heterocycles. The van der Waals surface area contributed by atoms with Gasteiger partial charge in [0.1, 0.15) is 24.7 Å². The van der Waals surface area contributed by atoms with Crippen molar-refractivity contribution in [1.82, 2.24) is 4.90 Å². The average Bonchev–Trinajstić information content (AvgIpc) is 3.12. The molecule has 0 aliphatic carbocycles. The predicted octanol–water partition coefficient (Wildman–Crippen LogP) is 8.75. The van der Waals surface area contributed by atoms with E-state index in [1.807, 2.05) is 30.3 Å². The maximum Gasteiger partial charge on any atom is 0.293 e. The molecule has 4 rings (SSSR count). The number of halogens is 3. The Morgan fingerprint density at radius 3 is 2.26 bits per heavy atom. The van der Waals surface area contributed by atoms with E-state index in [-0.39, 0.29) is 17.2 Å². The van der Waals surface area contributed by atoms with Gasteiger partial charge < -0.3 is 9.47 Å². The van der Waals surface area contributed by atoms with Crippen LogP contribution in [-0.2, 0) is 16.8 Å². The number of hydrogen-bond donors (Lipinski definition) is 0. The average molecular weight is 635 g/mol. The summed E-state index contributed by atoms with van der Waals surface area (Å²) in [6.45, 7) is 7.14. The van der Waals surface area contributed by atoms with Crippen molar-refractivity contribution >= 4 is 68.1 Å². The first kappa shape index (κ1) is 28.6. The Bertz CT molecular complexity index is 1370. The Morgan fingerprint density at radius 2 is 1.61 bits per heavy atom. The third-order valence-corrected chi connectivity index (χ3v) is 7.95. The summed E-state index contributed by atoms with van der Waals surface area (Å²) in [5, 5.41) is 0.413. The standard InChI is InChI=1S/C29H26BrCl2NO4S/c1-29(2,3)19-8-11-21(12-9-19)36-13-14-37-25-16-20(30)10-7-18(25)15-26-27(34)33(28(35)38-26)17-22-23(31)5-4-6-24(22)32/h4-12,15-16H,13-14,17H2,1-3H3/b26-15-. The highest BCUT2D eigenvalue weighted by Crippen LogP contribution is 2.37. The first-order chi connectivity index (χ1) is 18.0. The summed E-state index contributed by atoms with van der Waals surface area (Å²) in [7, 11) is 0. The van der Waals surface area contributed by atoms with Crippen LogP contribution in [0.4, 0.5) is 4.79 Å². The van der Waals surface area contributed by atoms with Gasteiger partial charge in [-0.3, -0.25) is 14.5 Å². The van der Waals surface area contributed by atoms with E-state index in [4.69, 9.17) is 32.7 Å². The Morgan fingerprint density at radius 1 is 0.947 bits per heavy atom. The molecule has 0 aromatic heterocycles. The van der Waals surface area contributed by atoms with Crippen LogP contribution in [0.2, 0.25) is 10.0 Å². The van der Waals surface area contributed by atoms with Crippen LogP contribution >= 0.6 is 50.9 Å². The second-order valence-electron chi connectivity index (χ2n) is 9.62. The molecule has 198 valence electrons. The fourth-order valence-electron chi connectivity index (χ4n) is 3.73. The molecular formula is C29H26BrCl2NO4S. The largest absolute Gasteiger partial charge is 0.490 e. The van der Waals surface area contributed by atoms with Gasteiger partial charge in [0.15, 0.2) is 0 Å². The monoisotopic (exact) mass is 633 g/mol. The van der Waals surface area contributed by atoms with Crippen LogP contribution in [-0.4, -0.2) is 29.3 Å². The molecule has 1 heterocycles. The van der Waals surface area contributed by atoms with Crippen LogP contribution in [0.15, 0.2) is 70.0 Å². The van der Waals surface area contributed by atoms with E-state index in [0.717, 1.165) is 26.9 Å². The van der Waals surface area contributed by atoms with Crippen molar-refractivity contribution in [3.8, 4) is 11.5 Å². The fraction of sp³-hybridized carbons (Fsp3) is 0.241. The van der Waals surface area contributed by atoms with E-state index in [1.54, 1.807) is 24.3 Å². The van der Waals surface area contributed by atoms with E-state index >= 15 is 0 Å². The molecule has 1 fully saturated rings. The number of rotatable bonds is 8. The van der Waals surface area contributed by atoms with Gasteiger partial charge in [-0.2, -0.15) is 0 Å². The molecule has 0 bridgehead atoms. The number of carbonyl (C=O) groups is 2. The van der Waals surface area contributed by atoms with Crippen LogP contribution in [0.5, 0.6) is 11.5 Å². The van der Waals surface area contributed by atoms with Gasteiger partial charge >= 0.3 is 0 Å². The van der Waals surface area contributed by atoms with Crippen LogP contribution in [0.1, 0.15) is 37.5 Å². The first-order valence-electron chi connectivity index (χ1n) is 11.9. The lowest BCUT2D eigenvalue weighted by molar-refractivity contribution is -0.123. The highest BCUT2D eigenvalue weighted by molar-refractivity contribution is 9.10. The summed E-state index contributed by atoms with van der Waals surface area (Å²) in [6, 6.07) is 18.6. The lowest BCUT2D eigenvalue weighted by atomic mass is 9.87. The molecular weight excluding hydrogens is 609 g/mol. The Balaban J connectivity index is 1.43. The lowest BCUT2D eigenvalue weighted by Crippen LogP contribution is -2.27. The zero-order valence-electron chi connectivity index (χ0n) is 21.1. The quantitative estimate of drug-likeness (QED) is 0.183. The van der Waals surface area contributed by atoms with Crippen molar-refractivity contribution < 1.29 is 19.1 Å². The lowest BCUT2D eigenvalue weighted by Gasteiger charge is -2.19. The second-order valence-corrected chi connectivity index (χ2v) is 12.3. The molecule has 0 N–H and O–H groups in total. The van der Waals surface area contributed by atoms with E-state index < -0.39 is 5.91 Å². The van der Waals surface area contributed by atoms with Gasteiger partial charge in [0.05, 0.1) is 11.4 Å². The van der Waals surface area contributed by atoms with Crippen LogP contribution in [0.25, 0.3) is 6.08 Å². The van der Waals surface area contributed by atoms with Crippen molar-refractivity contribution in [2.75, 3.05) is 13.2 Å². The molecule has 3 aromatic carbocycles. The van der Waals surface area contributed by atoms with Crippen LogP contribution in [0.3, 0.4) is 0 Å². The number of imide groups is 1. The maximum absolute atomic E-state index is 13.1. The number of carbonyl (C=O) groups excluding carboxylic acids is 2. The molecule has 0 radical (unpaired) electrons. The molecule has 0 saturated carbocycles. The van der Waals surface area contributed by atoms with Gasteiger partial charge in [0, 0.05) is 25.6 Å². The molecule has 2 amide bonds. The third kappa shape index (κ3) is 6.94. The van der Waals surface area contributed by atoms with Gasteiger partial charge in [0.2, 0.25) is 0 Å². The first-order valence-corrected chi connectivity index (χ1v) is 14.2. The minimum Gasteiger partial charge on any atom is -0.490 e. The second kappa shape index (κ2) is 12.2. The Labute approximate surface area is 245 Å². The molecule has 0 unspecified atom stereocenters. The normalized spacial score (nSPS) is 14.9. The number of nitrogens with zero attached hydrogens (tertiary/aromatic N) is 1. The summed E-state index contributed by atoms with van der Waals surface area (Å²) in [6.07, 6.45) is 1.66. The van der Waals surface area contributed by atoms with Gasteiger partial charge in [-0.1, -0.05) is 84.2 Å². The maximum atomic E-state index is 13.1. The van der Waals surface area contributed by atoms with Gasteiger partial charge in [-0.15, -0.1) is 0 Å². The fourth-order valence-corrected chi connectivity index (χ4v) is 5.42. The minimum atomic E-state index is -0.410. The van der Waals surface area contributed by atoms with Crippen molar-refractivity contribution in [3.05, 3.63) is 96.8 Å².